The smallest absolute Gasteiger partial charge is 0.309 e. The van der Waals surface area contributed by atoms with Crippen molar-refractivity contribution in [2.45, 2.75) is 40.0 Å². The molecule has 1 aliphatic carbocycles. The van der Waals surface area contributed by atoms with Gasteiger partial charge in [-0.15, -0.1) is 0 Å². The number of hydrogen-bond acceptors (Lipinski definition) is 1. The van der Waals surface area contributed by atoms with Crippen molar-refractivity contribution < 1.29 is 9.90 Å². The summed E-state index contributed by atoms with van der Waals surface area (Å²) in [5, 5.41) is 9.09. The van der Waals surface area contributed by atoms with Gasteiger partial charge in [-0.25, -0.2) is 0 Å². The number of carbonyl (C=O) groups is 1. The molecule has 1 aliphatic rings. The highest BCUT2D eigenvalue weighted by atomic mass is 16.4. The summed E-state index contributed by atoms with van der Waals surface area (Å²) < 4.78 is 0. The average molecular weight is 170 g/mol. The van der Waals surface area contributed by atoms with E-state index in [1.54, 1.807) is 0 Å². The Hall–Kier alpha value is -0.530. The van der Waals surface area contributed by atoms with Gasteiger partial charge in [-0.1, -0.05) is 20.3 Å². The summed E-state index contributed by atoms with van der Waals surface area (Å²) in [6, 6.07) is 0. The number of rotatable bonds is 2. The molecule has 1 rings (SSSR count). The Morgan fingerprint density at radius 1 is 1.58 bits per heavy atom. The Bertz CT molecular complexity index is 186. The van der Waals surface area contributed by atoms with Gasteiger partial charge in [-0.2, -0.15) is 0 Å². The lowest BCUT2D eigenvalue weighted by molar-refractivity contribution is -0.151. The van der Waals surface area contributed by atoms with Crippen LogP contribution in [-0.4, -0.2) is 11.1 Å². The normalized spacial score (nSPS) is 35.8. The van der Waals surface area contributed by atoms with Gasteiger partial charge in [0, 0.05) is 0 Å². The maximum absolute atomic E-state index is 11.0. The molecule has 0 saturated heterocycles. The molecule has 70 valence electrons. The molecule has 2 nitrogen and oxygen atoms in total. The summed E-state index contributed by atoms with van der Waals surface area (Å²) in [5.74, 6) is 0.252. The van der Waals surface area contributed by atoms with Crippen LogP contribution in [0.15, 0.2) is 0 Å². The minimum absolute atomic E-state index is 0.370. The van der Waals surface area contributed by atoms with Crippen LogP contribution in [0.2, 0.25) is 0 Å². The standard InChI is InChI=1S/C10H18O2/c1-7(2)8-5-4-6-10(8,3)9(11)12/h7-8H,4-6H2,1-3H3,(H,11,12)/t8-,10-/m1/s1. The second-order valence-electron chi connectivity index (χ2n) is 4.47. The highest BCUT2D eigenvalue weighted by molar-refractivity contribution is 5.75. The Labute approximate surface area is 74.0 Å². The Balaban J connectivity index is 2.81. The van der Waals surface area contributed by atoms with Crippen molar-refractivity contribution in [2.24, 2.45) is 17.3 Å². The minimum Gasteiger partial charge on any atom is -0.481 e. The lowest BCUT2D eigenvalue weighted by Gasteiger charge is -2.29. The number of aliphatic carboxylic acids is 1. The van der Waals surface area contributed by atoms with Crippen molar-refractivity contribution in [1.82, 2.24) is 0 Å². The highest BCUT2D eigenvalue weighted by Gasteiger charge is 2.45. The maximum atomic E-state index is 11.0. The van der Waals surface area contributed by atoms with Crippen molar-refractivity contribution in [1.29, 1.82) is 0 Å². The molecule has 0 amide bonds. The van der Waals surface area contributed by atoms with Crippen molar-refractivity contribution in [3.63, 3.8) is 0 Å². The lowest BCUT2D eigenvalue weighted by Crippen LogP contribution is -2.34. The van der Waals surface area contributed by atoms with Crippen LogP contribution >= 0.6 is 0 Å². The molecule has 0 aromatic heterocycles. The predicted molar refractivity (Wildman–Crippen MR) is 47.9 cm³/mol. The Kier molecular flexibility index (Phi) is 2.45. The fourth-order valence-corrected chi connectivity index (χ4v) is 2.53. The third-order valence-corrected chi connectivity index (χ3v) is 3.32. The fourth-order valence-electron chi connectivity index (χ4n) is 2.53. The molecule has 2 atom stereocenters. The van der Waals surface area contributed by atoms with Crippen LogP contribution in [0.3, 0.4) is 0 Å². The molecule has 1 saturated carbocycles. The van der Waals surface area contributed by atoms with E-state index in [1.807, 2.05) is 6.92 Å². The average Bonchev–Trinajstić information content (AvgIpc) is 2.32. The van der Waals surface area contributed by atoms with Crippen LogP contribution < -0.4 is 0 Å². The Morgan fingerprint density at radius 2 is 2.17 bits per heavy atom. The molecule has 0 radical (unpaired) electrons. The van der Waals surface area contributed by atoms with Gasteiger partial charge in [0.25, 0.3) is 0 Å². The molecule has 0 bridgehead atoms. The van der Waals surface area contributed by atoms with Crippen LogP contribution in [0.5, 0.6) is 0 Å². The van der Waals surface area contributed by atoms with E-state index in [-0.39, 0.29) is 0 Å². The summed E-state index contributed by atoms with van der Waals surface area (Å²) in [5.41, 5.74) is -0.450. The summed E-state index contributed by atoms with van der Waals surface area (Å²) in [7, 11) is 0. The third-order valence-electron chi connectivity index (χ3n) is 3.32. The monoisotopic (exact) mass is 170 g/mol. The van der Waals surface area contributed by atoms with Crippen molar-refractivity contribution in [3.05, 3.63) is 0 Å². The summed E-state index contributed by atoms with van der Waals surface area (Å²) in [6.45, 7) is 6.14. The predicted octanol–water partition coefficient (Wildman–Crippen LogP) is 2.53. The van der Waals surface area contributed by atoms with Gasteiger partial charge in [0.1, 0.15) is 0 Å². The molecule has 1 N–H and O–H groups in total. The number of carboxylic acid groups (broad SMARTS) is 1. The molecular weight excluding hydrogens is 152 g/mol. The van der Waals surface area contributed by atoms with Gasteiger partial charge in [0.15, 0.2) is 0 Å². The second kappa shape index (κ2) is 3.08. The first kappa shape index (κ1) is 9.56. The van der Waals surface area contributed by atoms with Gasteiger partial charge >= 0.3 is 5.97 Å². The minimum atomic E-state index is -0.612. The van der Waals surface area contributed by atoms with E-state index in [9.17, 15) is 4.79 Å². The summed E-state index contributed by atoms with van der Waals surface area (Å²) >= 11 is 0. The van der Waals surface area contributed by atoms with Crippen molar-refractivity contribution in [2.75, 3.05) is 0 Å². The molecule has 1 fully saturated rings. The molecule has 2 heteroatoms. The topological polar surface area (TPSA) is 37.3 Å². The zero-order valence-electron chi connectivity index (χ0n) is 8.13. The largest absolute Gasteiger partial charge is 0.481 e. The molecule has 0 aromatic carbocycles. The van der Waals surface area contributed by atoms with Crippen LogP contribution in [-0.2, 0) is 4.79 Å². The first-order valence-corrected chi connectivity index (χ1v) is 4.72. The van der Waals surface area contributed by atoms with E-state index in [1.165, 1.54) is 0 Å². The molecule has 0 aliphatic heterocycles. The van der Waals surface area contributed by atoms with Crippen LogP contribution in [0.25, 0.3) is 0 Å². The van der Waals surface area contributed by atoms with Crippen LogP contribution in [0.4, 0.5) is 0 Å². The van der Waals surface area contributed by atoms with E-state index in [4.69, 9.17) is 5.11 Å². The van der Waals surface area contributed by atoms with E-state index < -0.39 is 11.4 Å². The van der Waals surface area contributed by atoms with Crippen molar-refractivity contribution in [3.8, 4) is 0 Å². The molecular formula is C10H18O2. The summed E-state index contributed by atoms with van der Waals surface area (Å²) in [4.78, 5) is 11.0. The Morgan fingerprint density at radius 3 is 2.50 bits per heavy atom. The maximum Gasteiger partial charge on any atom is 0.309 e. The third kappa shape index (κ3) is 1.35. The molecule has 0 unspecified atom stereocenters. The quantitative estimate of drug-likeness (QED) is 0.691. The van der Waals surface area contributed by atoms with Gasteiger partial charge < -0.3 is 5.11 Å². The number of hydrogen-bond donors (Lipinski definition) is 1. The number of carboxylic acids is 1. The highest BCUT2D eigenvalue weighted by Crippen LogP contribution is 2.46. The van der Waals surface area contributed by atoms with Gasteiger partial charge in [0.05, 0.1) is 5.41 Å². The van der Waals surface area contributed by atoms with E-state index in [2.05, 4.69) is 13.8 Å². The first-order valence-electron chi connectivity index (χ1n) is 4.72. The van der Waals surface area contributed by atoms with E-state index in [0.717, 1.165) is 19.3 Å². The molecule has 0 aromatic rings. The molecule has 0 heterocycles. The zero-order valence-corrected chi connectivity index (χ0v) is 8.13. The SMILES string of the molecule is CC(C)[C@H]1CCC[C@@]1(C)C(=O)O. The zero-order chi connectivity index (χ0) is 9.35. The van der Waals surface area contributed by atoms with Crippen LogP contribution in [0.1, 0.15) is 40.0 Å². The van der Waals surface area contributed by atoms with Crippen LogP contribution in [0, 0.1) is 17.3 Å². The van der Waals surface area contributed by atoms with Gasteiger partial charge in [-0.05, 0) is 31.6 Å². The van der Waals surface area contributed by atoms with Gasteiger partial charge in [-0.3, -0.25) is 4.79 Å². The molecule has 12 heavy (non-hydrogen) atoms. The lowest BCUT2D eigenvalue weighted by atomic mass is 9.74. The summed E-state index contributed by atoms with van der Waals surface area (Å²) in [6.07, 6.45) is 3.01. The van der Waals surface area contributed by atoms with Crippen molar-refractivity contribution >= 4 is 5.97 Å². The first-order chi connectivity index (χ1) is 5.48. The van der Waals surface area contributed by atoms with E-state index in [0.29, 0.717) is 11.8 Å². The fraction of sp³-hybridized carbons (Fsp3) is 0.900. The second-order valence-corrected chi connectivity index (χ2v) is 4.47. The molecule has 0 spiro atoms. The van der Waals surface area contributed by atoms with Gasteiger partial charge in [0.2, 0.25) is 0 Å². The van der Waals surface area contributed by atoms with E-state index >= 15 is 0 Å².